The van der Waals surface area contributed by atoms with E-state index >= 15 is 0 Å². The number of hydrogen-bond acceptors (Lipinski definition) is 3. The molecule has 5 nitrogen and oxygen atoms in total. The van der Waals surface area contributed by atoms with Crippen LogP contribution in [-0.2, 0) is 4.74 Å². The Morgan fingerprint density at radius 1 is 1.45 bits per heavy atom. The van der Waals surface area contributed by atoms with Gasteiger partial charge in [0.2, 0.25) is 0 Å². The van der Waals surface area contributed by atoms with E-state index in [0.717, 1.165) is 13.1 Å². The number of guanidine groups is 1. The Morgan fingerprint density at radius 2 is 2.20 bits per heavy atom. The van der Waals surface area contributed by atoms with Gasteiger partial charge in [-0.05, 0) is 12.1 Å². The van der Waals surface area contributed by atoms with Crippen LogP contribution in [0.25, 0.3) is 0 Å². The molecule has 1 heterocycles. The molecule has 1 aromatic rings. The van der Waals surface area contributed by atoms with E-state index in [-0.39, 0.29) is 5.02 Å². The van der Waals surface area contributed by atoms with Gasteiger partial charge >= 0.3 is 0 Å². The molecule has 0 radical (unpaired) electrons. The lowest BCUT2D eigenvalue weighted by molar-refractivity contribution is 0.0674. The third-order valence-corrected chi connectivity index (χ3v) is 3.15. The second kappa shape index (κ2) is 7.31. The number of aliphatic imine (C=N–C) groups is 1. The maximum absolute atomic E-state index is 13.0. The van der Waals surface area contributed by atoms with Gasteiger partial charge in [0.25, 0.3) is 0 Å². The molecule has 2 rings (SSSR count). The predicted molar refractivity (Wildman–Crippen MR) is 75.8 cm³/mol. The first-order chi connectivity index (χ1) is 9.66. The summed E-state index contributed by atoms with van der Waals surface area (Å²) in [6.07, 6.45) is 0. The molecule has 0 aromatic heterocycles. The second-order valence-electron chi connectivity index (χ2n) is 4.26. The molecule has 0 bridgehead atoms. The van der Waals surface area contributed by atoms with E-state index in [4.69, 9.17) is 26.8 Å². The van der Waals surface area contributed by atoms with Crippen LogP contribution in [-0.4, -0.2) is 50.3 Å². The Morgan fingerprint density at radius 3 is 2.90 bits per heavy atom. The molecule has 1 saturated heterocycles. The predicted octanol–water partition coefficient (Wildman–Crippen LogP) is 1.50. The molecule has 1 aromatic carbocycles. The zero-order valence-electron chi connectivity index (χ0n) is 11.0. The van der Waals surface area contributed by atoms with Crippen molar-refractivity contribution < 1.29 is 13.9 Å². The van der Waals surface area contributed by atoms with Gasteiger partial charge in [-0.3, -0.25) is 0 Å². The van der Waals surface area contributed by atoms with Gasteiger partial charge in [-0.15, -0.1) is 0 Å². The molecule has 0 unspecified atom stereocenters. The van der Waals surface area contributed by atoms with Gasteiger partial charge in [-0.25, -0.2) is 9.38 Å². The Hall–Kier alpha value is -1.53. The highest BCUT2D eigenvalue weighted by molar-refractivity contribution is 6.30. The Labute approximate surface area is 122 Å². The van der Waals surface area contributed by atoms with E-state index < -0.39 is 5.82 Å². The summed E-state index contributed by atoms with van der Waals surface area (Å²) in [6, 6.07) is 4.23. The fraction of sp³-hybridized carbons (Fsp3) is 0.462. The average Bonchev–Trinajstić information content (AvgIpc) is 2.48. The second-order valence-corrected chi connectivity index (χ2v) is 4.67. The fourth-order valence-corrected chi connectivity index (χ4v) is 1.95. The van der Waals surface area contributed by atoms with Crippen molar-refractivity contribution in [2.24, 2.45) is 10.7 Å². The third-order valence-electron chi connectivity index (χ3n) is 2.86. The van der Waals surface area contributed by atoms with Gasteiger partial charge in [0, 0.05) is 19.2 Å². The third kappa shape index (κ3) is 4.25. The van der Waals surface area contributed by atoms with Crippen molar-refractivity contribution in [1.29, 1.82) is 0 Å². The number of nitrogens with two attached hydrogens (primary N) is 1. The van der Waals surface area contributed by atoms with Crippen LogP contribution in [0, 0.1) is 5.82 Å². The van der Waals surface area contributed by atoms with Crippen molar-refractivity contribution >= 4 is 17.6 Å². The number of rotatable bonds is 4. The summed E-state index contributed by atoms with van der Waals surface area (Å²) in [5.41, 5.74) is 5.87. The topological polar surface area (TPSA) is 60.1 Å². The lowest BCUT2D eigenvalue weighted by Gasteiger charge is -2.27. The molecule has 0 amide bonds. The molecule has 0 atom stereocenters. The standard InChI is InChI=1S/C13H17ClFN3O2/c14-11-9-10(1-2-12(11)15)20-6-3-17-13(16)18-4-7-19-8-5-18/h1-2,9H,3-8H2,(H2,16,17). The maximum Gasteiger partial charge on any atom is 0.191 e. The summed E-state index contributed by atoms with van der Waals surface area (Å²) in [4.78, 5) is 6.21. The normalized spacial score (nSPS) is 16.3. The fourth-order valence-electron chi connectivity index (χ4n) is 1.78. The van der Waals surface area contributed by atoms with Crippen LogP contribution in [0.15, 0.2) is 23.2 Å². The molecule has 1 fully saturated rings. The maximum atomic E-state index is 13.0. The first-order valence-electron chi connectivity index (χ1n) is 6.37. The number of halogens is 2. The van der Waals surface area contributed by atoms with E-state index in [1.165, 1.54) is 18.2 Å². The van der Waals surface area contributed by atoms with Crippen LogP contribution in [0.5, 0.6) is 5.75 Å². The Kier molecular flexibility index (Phi) is 5.43. The number of hydrogen-bond donors (Lipinski definition) is 1. The van der Waals surface area contributed by atoms with Crippen molar-refractivity contribution in [2.75, 3.05) is 39.5 Å². The van der Waals surface area contributed by atoms with Crippen LogP contribution in [0.4, 0.5) is 4.39 Å². The van der Waals surface area contributed by atoms with Crippen molar-refractivity contribution in [3.63, 3.8) is 0 Å². The summed E-state index contributed by atoms with van der Waals surface area (Å²) < 4.78 is 23.6. The lowest BCUT2D eigenvalue weighted by atomic mass is 10.3. The minimum Gasteiger partial charge on any atom is -0.492 e. The highest BCUT2D eigenvalue weighted by Crippen LogP contribution is 2.20. The van der Waals surface area contributed by atoms with E-state index in [1.54, 1.807) is 0 Å². The molecular formula is C13H17ClFN3O2. The molecule has 20 heavy (non-hydrogen) atoms. The van der Waals surface area contributed by atoms with Crippen molar-refractivity contribution in [2.45, 2.75) is 0 Å². The number of benzene rings is 1. The van der Waals surface area contributed by atoms with Gasteiger partial charge in [0.05, 0.1) is 24.8 Å². The monoisotopic (exact) mass is 301 g/mol. The van der Waals surface area contributed by atoms with Gasteiger partial charge in [-0.2, -0.15) is 0 Å². The molecule has 1 aliphatic rings. The van der Waals surface area contributed by atoms with Crippen LogP contribution in [0.3, 0.4) is 0 Å². The number of morpholine rings is 1. The molecular weight excluding hydrogens is 285 g/mol. The Balaban J connectivity index is 1.76. The minimum absolute atomic E-state index is 0.0406. The highest BCUT2D eigenvalue weighted by atomic mass is 35.5. The number of ether oxygens (including phenoxy) is 2. The summed E-state index contributed by atoms with van der Waals surface area (Å²) in [6.45, 7) is 3.63. The van der Waals surface area contributed by atoms with Gasteiger partial charge in [0.1, 0.15) is 18.2 Å². The van der Waals surface area contributed by atoms with Crippen molar-refractivity contribution in [3.8, 4) is 5.75 Å². The summed E-state index contributed by atoms with van der Waals surface area (Å²) >= 11 is 5.66. The lowest BCUT2D eigenvalue weighted by Crippen LogP contribution is -2.45. The molecule has 0 saturated carbocycles. The first-order valence-corrected chi connectivity index (χ1v) is 6.75. The summed E-state index contributed by atoms with van der Waals surface area (Å²) in [5, 5.41) is 0.0406. The highest BCUT2D eigenvalue weighted by Gasteiger charge is 2.11. The quantitative estimate of drug-likeness (QED) is 0.520. The van der Waals surface area contributed by atoms with Gasteiger partial charge < -0.3 is 20.1 Å². The molecule has 2 N–H and O–H groups in total. The molecule has 0 spiro atoms. The van der Waals surface area contributed by atoms with Crippen molar-refractivity contribution in [1.82, 2.24) is 4.90 Å². The number of nitrogens with zero attached hydrogens (tertiary/aromatic N) is 2. The zero-order valence-corrected chi connectivity index (χ0v) is 11.8. The molecule has 1 aliphatic heterocycles. The molecule has 7 heteroatoms. The van der Waals surface area contributed by atoms with Gasteiger partial charge in [0.15, 0.2) is 5.96 Å². The van der Waals surface area contributed by atoms with E-state index in [2.05, 4.69) is 4.99 Å². The smallest absolute Gasteiger partial charge is 0.191 e. The van der Waals surface area contributed by atoms with Crippen LogP contribution >= 0.6 is 11.6 Å². The van der Waals surface area contributed by atoms with Crippen molar-refractivity contribution in [3.05, 3.63) is 29.0 Å². The van der Waals surface area contributed by atoms with Crippen LogP contribution < -0.4 is 10.5 Å². The largest absolute Gasteiger partial charge is 0.492 e. The van der Waals surface area contributed by atoms with E-state index in [9.17, 15) is 4.39 Å². The SMILES string of the molecule is NC(=NCCOc1ccc(F)c(Cl)c1)N1CCOCC1. The first kappa shape index (κ1) is 14.9. The minimum atomic E-state index is -0.464. The van der Waals surface area contributed by atoms with E-state index in [0.29, 0.717) is 38.1 Å². The van der Waals surface area contributed by atoms with Crippen LogP contribution in [0.1, 0.15) is 0 Å². The zero-order chi connectivity index (χ0) is 14.4. The summed E-state index contributed by atoms with van der Waals surface area (Å²) in [7, 11) is 0. The summed E-state index contributed by atoms with van der Waals surface area (Å²) in [5.74, 6) is 0.541. The Bertz CT molecular complexity index is 479. The van der Waals surface area contributed by atoms with Gasteiger partial charge in [-0.1, -0.05) is 11.6 Å². The molecule has 110 valence electrons. The average molecular weight is 302 g/mol. The van der Waals surface area contributed by atoms with E-state index in [1.807, 2.05) is 4.90 Å². The van der Waals surface area contributed by atoms with Crippen LogP contribution in [0.2, 0.25) is 5.02 Å². The molecule has 0 aliphatic carbocycles.